The zero-order chi connectivity index (χ0) is 23.5. The van der Waals surface area contributed by atoms with Crippen LogP contribution in [-0.4, -0.2) is 30.4 Å². The number of hydrogen-bond acceptors (Lipinski definition) is 4. The Morgan fingerprint density at radius 3 is 2.31 bits per heavy atom. The molecule has 0 aliphatic heterocycles. The van der Waals surface area contributed by atoms with Gasteiger partial charge in [-0.1, -0.05) is 13.0 Å². The van der Waals surface area contributed by atoms with Crippen molar-refractivity contribution in [1.82, 2.24) is 0 Å². The Bertz CT molecular complexity index is 924. The minimum atomic E-state index is -5.08. The first-order chi connectivity index (χ1) is 14.8. The number of aryl methyl sites for hydroxylation is 1. The van der Waals surface area contributed by atoms with Gasteiger partial charge in [0.25, 0.3) is 0 Å². The maximum Gasteiger partial charge on any atom is 0.491 e. The van der Waals surface area contributed by atoms with Crippen LogP contribution in [0.15, 0.2) is 18.2 Å². The van der Waals surface area contributed by atoms with Crippen molar-refractivity contribution in [3.05, 3.63) is 29.3 Å². The van der Waals surface area contributed by atoms with Gasteiger partial charge < -0.3 is 9.47 Å². The molecule has 1 aromatic rings. The highest BCUT2D eigenvalue weighted by Gasteiger charge is 2.57. The minimum Gasteiger partial charge on any atom is -0.455 e. The van der Waals surface area contributed by atoms with E-state index in [2.05, 4.69) is 4.74 Å². The van der Waals surface area contributed by atoms with Gasteiger partial charge in [-0.3, -0.25) is 0 Å². The molecule has 0 bridgehead atoms. The first-order valence-electron chi connectivity index (χ1n) is 10.5. The maximum absolute atomic E-state index is 12.7. The largest absolute Gasteiger partial charge is 0.491 e. The Kier molecular flexibility index (Phi) is 5.48. The van der Waals surface area contributed by atoms with Crippen LogP contribution in [-0.2, 0) is 20.7 Å². The van der Waals surface area contributed by atoms with Crippen molar-refractivity contribution in [2.75, 3.05) is 0 Å². The van der Waals surface area contributed by atoms with Crippen LogP contribution in [0, 0.1) is 17.3 Å². The van der Waals surface area contributed by atoms with Crippen LogP contribution in [0.5, 0.6) is 5.75 Å². The van der Waals surface area contributed by atoms with Gasteiger partial charge in [-0.2, -0.15) is 26.3 Å². The fraction of sp³-hybridized carbons (Fsp3) is 0.636. The molecule has 0 saturated heterocycles. The van der Waals surface area contributed by atoms with Gasteiger partial charge in [-0.25, -0.2) is 9.59 Å². The molecule has 3 aliphatic rings. The van der Waals surface area contributed by atoms with Gasteiger partial charge in [0.2, 0.25) is 0 Å². The Hall–Kier alpha value is -2.26. The molecular weight excluding hydrogens is 442 g/mol. The van der Waals surface area contributed by atoms with Gasteiger partial charge in [0.1, 0.15) is 11.9 Å². The zero-order valence-corrected chi connectivity index (χ0v) is 17.2. The summed E-state index contributed by atoms with van der Waals surface area (Å²) in [5.41, 5.74) is 1.26. The fourth-order valence-corrected chi connectivity index (χ4v) is 6.13. The molecule has 0 spiro atoms. The summed E-state index contributed by atoms with van der Waals surface area (Å²) in [6, 6.07) is 4.50. The molecule has 2 saturated carbocycles. The standard InChI is InChI=1S/C22H22F6O4/c1-20-9-8-14-13-5-3-12(31-18(29)21(23,24)25)10-11(13)2-4-15(14)16(20)6-7-17(20)32-19(30)22(26,27)28/h3,5,10,14-17H,2,4,6-9H2,1H3/t14?,15?,16?,17-,20-/m0/s1. The average molecular weight is 464 g/mol. The lowest BCUT2D eigenvalue weighted by molar-refractivity contribution is -0.211. The van der Waals surface area contributed by atoms with Crippen molar-refractivity contribution in [1.29, 1.82) is 0 Å². The number of benzene rings is 1. The number of carbonyl (C=O) groups excluding carboxylic acids is 2. The molecule has 3 aliphatic carbocycles. The first kappa shape index (κ1) is 22.9. The summed E-state index contributed by atoms with van der Waals surface area (Å²) in [7, 11) is 0. The van der Waals surface area contributed by atoms with Crippen molar-refractivity contribution in [3.63, 3.8) is 0 Å². The summed E-state index contributed by atoms with van der Waals surface area (Å²) in [6.45, 7) is 1.89. The SMILES string of the molecule is C[C@]12CCC3c4ccc(OC(=O)C(F)(F)F)cc4CCC3C1CC[C@@H]2OC(=O)C(F)(F)F. The molecule has 10 heteroatoms. The average Bonchev–Trinajstić information content (AvgIpc) is 3.02. The van der Waals surface area contributed by atoms with Crippen molar-refractivity contribution in [2.24, 2.45) is 17.3 Å². The lowest BCUT2D eigenvalue weighted by Gasteiger charge is -2.50. The van der Waals surface area contributed by atoms with Crippen LogP contribution in [0.25, 0.3) is 0 Å². The molecule has 3 unspecified atom stereocenters. The van der Waals surface area contributed by atoms with E-state index in [0.29, 0.717) is 38.5 Å². The van der Waals surface area contributed by atoms with Crippen molar-refractivity contribution in [3.8, 4) is 5.75 Å². The number of ether oxygens (including phenoxy) is 2. The summed E-state index contributed by atoms with van der Waals surface area (Å²) in [4.78, 5) is 22.5. The predicted molar refractivity (Wildman–Crippen MR) is 98.7 cm³/mol. The van der Waals surface area contributed by atoms with Crippen LogP contribution in [0.4, 0.5) is 26.3 Å². The van der Waals surface area contributed by atoms with E-state index in [1.54, 1.807) is 6.07 Å². The van der Waals surface area contributed by atoms with Gasteiger partial charge in [0.05, 0.1) is 0 Å². The number of esters is 2. The molecule has 2 fully saturated rings. The first-order valence-corrected chi connectivity index (χ1v) is 10.5. The number of alkyl halides is 6. The number of carbonyl (C=O) groups is 2. The lowest BCUT2D eigenvalue weighted by Crippen LogP contribution is -2.46. The lowest BCUT2D eigenvalue weighted by atomic mass is 9.55. The van der Waals surface area contributed by atoms with E-state index in [1.807, 2.05) is 6.92 Å². The Morgan fingerprint density at radius 1 is 0.969 bits per heavy atom. The van der Waals surface area contributed by atoms with Crippen LogP contribution in [0.3, 0.4) is 0 Å². The Labute approximate surface area is 180 Å². The number of hydrogen-bond donors (Lipinski definition) is 0. The van der Waals surface area contributed by atoms with Gasteiger partial charge >= 0.3 is 24.3 Å². The third-order valence-electron chi connectivity index (χ3n) is 7.53. The third-order valence-corrected chi connectivity index (χ3v) is 7.53. The smallest absolute Gasteiger partial charge is 0.455 e. The molecule has 1 aromatic carbocycles. The summed E-state index contributed by atoms with van der Waals surface area (Å²) in [6.07, 6.45) is -7.32. The predicted octanol–water partition coefficient (Wildman–Crippen LogP) is 5.48. The highest BCUT2D eigenvalue weighted by Crippen LogP contribution is 2.61. The maximum atomic E-state index is 12.7. The summed E-state index contributed by atoms with van der Waals surface area (Å²) in [5.74, 6) is -4.21. The van der Waals surface area contributed by atoms with E-state index in [4.69, 9.17) is 4.74 Å². The van der Waals surface area contributed by atoms with Gasteiger partial charge in [0, 0.05) is 5.41 Å². The Balaban J connectivity index is 1.51. The van der Waals surface area contributed by atoms with Crippen LogP contribution in [0.1, 0.15) is 56.1 Å². The van der Waals surface area contributed by atoms with Crippen LogP contribution >= 0.6 is 0 Å². The molecule has 4 nitrogen and oxygen atoms in total. The molecule has 0 heterocycles. The summed E-state index contributed by atoms with van der Waals surface area (Å²) < 4.78 is 84.8. The molecule has 0 aromatic heterocycles. The molecule has 0 radical (unpaired) electrons. The number of rotatable bonds is 2. The van der Waals surface area contributed by atoms with E-state index in [9.17, 15) is 35.9 Å². The number of fused-ring (bicyclic) bond motifs is 5. The second-order valence-corrected chi connectivity index (χ2v) is 9.18. The zero-order valence-electron chi connectivity index (χ0n) is 17.2. The van der Waals surface area contributed by atoms with E-state index >= 15 is 0 Å². The van der Waals surface area contributed by atoms with Gasteiger partial charge in [-0.05, 0) is 79.5 Å². The van der Waals surface area contributed by atoms with Gasteiger partial charge in [-0.15, -0.1) is 0 Å². The summed E-state index contributed by atoms with van der Waals surface area (Å²) in [5, 5.41) is 0. The van der Waals surface area contributed by atoms with Crippen molar-refractivity contribution < 1.29 is 45.4 Å². The molecule has 32 heavy (non-hydrogen) atoms. The molecule has 0 N–H and O–H groups in total. The summed E-state index contributed by atoms with van der Waals surface area (Å²) >= 11 is 0. The van der Waals surface area contributed by atoms with Crippen molar-refractivity contribution >= 4 is 11.9 Å². The number of halogens is 6. The van der Waals surface area contributed by atoms with E-state index in [-0.39, 0.29) is 23.5 Å². The van der Waals surface area contributed by atoms with Crippen LogP contribution in [0.2, 0.25) is 0 Å². The fourth-order valence-electron chi connectivity index (χ4n) is 6.13. The van der Waals surface area contributed by atoms with Crippen molar-refractivity contribution in [2.45, 2.75) is 69.8 Å². The van der Waals surface area contributed by atoms with E-state index in [0.717, 1.165) is 11.1 Å². The highest BCUT2D eigenvalue weighted by molar-refractivity contribution is 5.78. The van der Waals surface area contributed by atoms with E-state index in [1.165, 1.54) is 12.1 Å². The third kappa shape index (κ3) is 3.96. The minimum absolute atomic E-state index is 0.0863. The second-order valence-electron chi connectivity index (χ2n) is 9.18. The second kappa shape index (κ2) is 7.66. The van der Waals surface area contributed by atoms with Gasteiger partial charge in [0.15, 0.2) is 0 Å². The monoisotopic (exact) mass is 464 g/mol. The van der Waals surface area contributed by atoms with E-state index < -0.39 is 35.8 Å². The quantitative estimate of drug-likeness (QED) is 0.330. The van der Waals surface area contributed by atoms with Crippen LogP contribution < -0.4 is 4.74 Å². The molecule has 5 atom stereocenters. The topological polar surface area (TPSA) is 52.6 Å². The Morgan fingerprint density at radius 2 is 1.66 bits per heavy atom. The highest BCUT2D eigenvalue weighted by atomic mass is 19.4. The molecule has 0 amide bonds. The molecule has 176 valence electrons. The molecular formula is C22H22F6O4. The normalized spacial score (nSPS) is 31.8. The molecule has 4 rings (SSSR count).